The van der Waals surface area contributed by atoms with Crippen molar-refractivity contribution in [2.24, 2.45) is 0 Å². The zero-order valence-corrected chi connectivity index (χ0v) is 11.4. The lowest BCUT2D eigenvalue weighted by molar-refractivity contribution is 0.987. The van der Waals surface area contributed by atoms with E-state index in [9.17, 15) is 0 Å². The van der Waals surface area contributed by atoms with Crippen molar-refractivity contribution in [3.05, 3.63) is 28.6 Å². The maximum Gasteiger partial charge on any atom is 0.149 e. The van der Waals surface area contributed by atoms with Gasteiger partial charge in [0.2, 0.25) is 0 Å². The molecule has 3 aromatic heterocycles. The lowest BCUT2D eigenvalue weighted by Crippen LogP contribution is -2.06. The highest BCUT2D eigenvalue weighted by Gasteiger charge is 2.09. The number of aromatic nitrogens is 4. The maximum absolute atomic E-state index is 4.30. The number of hydrogen-bond donors (Lipinski definition) is 1. The van der Waals surface area contributed by atoms with Gasteiger partial charge in [-0.05, 0) is 18.5 Å². The van der Waals surface area contributed by atoms with Crippen molar-refractivity contribution in [2.45, 2.75) is 13.3 Å². The Bertz CT molecular complexity index is 647. The normalized spacial score (nSPS) is 10.9. The molecule has 0 atom stereocenters. The fourth-order valence-electron chi connectivity index (χ4n) is 1.72. The SMILES string of the molecule is Cc1nsc2ncnc(NCCc3nccs3)c12. The molecule has 0 bridgehead atoms. The molecule has 0 aliphatic heterocycles. The molecule has 0 saturated carbocycles. The first kappa shape index (κ1) is 11.5. The van der Waals surface area contributed by atoms with Gasteiger partial charge in [0, 0.05) is 24.5 Å². The van der Waals surface area contributed by atoms with E-state index in [-0.39, 0.29) is 0 Å². The van der Waals surface area contributed by atoms with Crippen LogP contribution in [0.5, 0.6) is 0 Å². The molecule has 92 valence electrons. The van der Waals surface area contributed by atoms with Crippen LogP contribution >= 0.6 is 22.9 Å². The van der Waals surface area contributed by atoms with Crippen molar-refractivity contribution >= 4 is 38.9 Å². The van der Waals surface area contributed by atoms with Gasteiger partial charge in [-0.1, -0.05) is 0 Å². The molecule has 0 amide bonds. The summed E-state index contributed by atoms with van der Waals surface area (Å²) in [5.41, 5.74) is 0.979. The van der Waals surface area contributed by atoms with Gasteiger partial charge in [-0.15, -0.1) is 11.3 Å². The van der Waals surface area contributed by atoms with Gasteiger partial charge in [-0.2, -0.15) is 4.37 Å². The van der Waals surface area contributed by atoms with E-state index < -0.39 is 0 Å². The second kappa shape index (κ2) is 4.95. The van der Waals surface area contributed by atoms with E-state index in [4.69, 9.17) is 0 Å². The molecule has 1 N–H and O–H groups in total. The Labute approximate surface area is 112 Å². The molecule has 0 aromatic carbocycles. The van der Waals surface area contributed by atoms with E-state index >= 15 is 0 Å². The molecular weight excluding hydrogens is 266 g/mol. The largest absolute Gasteiger partial charge is 0.369 e. The quantitative estimate of drug-likeness (QED) is 0.794. The zero-order valence-electron chi connectivity index (χ0n) is 9.75. The zero-order chi connectivity index (χ0) is 12.4. The van der Waals surface area contributed by atoms with Crippen LogP contribution in [-0.4, -0.2) is 25.9 Å². The van der Waals surface area contributed by atoms with Crippen molar-refractivity contribution in [2.75, 3.05) is 11.9 Å². The number of rotatable bonds is 4. The van der Waals surface area contributed by atoms with E-state index in [1.54, 1.807) is 17.7 Å². The van der Waals surface area contributed by atoms with Crippen molar-refractivity contribution in [1.29, 1.82) is 0 Å². The molecule has 0 spiro atoms. The molecule has 3 heterocycles. The Morgan fingerprint density at radius 1 is 1.28 bits per heavy atom. The van der Waals surface area contributed by atoms with E-state index in [1.165, 1.54) is 11.5 Å². The molecule has 0 aliphatic rings. The van der Waals surface area contributed by atoms with E-state index in [0.717, 1.165) is 39.7 Å². The number of fused-ring (bicyclic) bond motifs is 1. The average Bonchev–Trinajstić information content (AvgIpc) is 3.00. The predicted octanol–water partition coefficient (Wildman–Crippen LogP) is 2.51. The number of thiazole rings is 1. The first-order valence-electron chi connectivity index (χ1n) is 5.54. The summed E-state index contributed by atoms with van der Waals surface area (Å²) >= 11 is 3.08. The van der Waals surface area contributed by atoms with Crippen LogP contribution < -0.4 is 5.32 Å². The highest BCUT2D eigenvalue weighted by Crippen LogP contribution is 2.25. The Morgan fingerprint density at radius 3 is 3.06 bits per heavy atom. The lowest BCUT2D eigenvalue weighted by Gasteiger charge is -2.05. The van der Waals surface area contributed by atoms with Crippen LogP contribution in [0.25, 0.3) is 10.2 Å². The summed E-state index contributed by atoms with van der Waals surface area (Å²) in [6, 6.07) is 0. The first-order valence-corrected chi connectivity index (χ1v) is 7.19. The molecule has 3 aromatic rings. The summed E-state index contributed by atoms with van der Waals surface area (Å²) in [7, 11) is 0. The standard InChI is InChI=1S/C11H11N5S2/c1-7-9-10(14-6-15-11(9)18-16-7)13-3-2-8-12-4-5-17-8/h4-6H,2-3H2,1H3,(H,13,14,15). The summed E-state index contributed by atoms with van der Waals surface area (Å²) in [6.07, 6.45) is 4.31. The molecule has 0 saturated heterocycles. The van der Waals surface area contributed by atoms with Gasteiger partial charge in [-0.3, -0.25) is 0 Å². The lowest BCUT2D eigenvalue weighted by atomic mass is 10.3. The minimum Gasteiger partial charge on any atom is -0.369 e. The van der Waals surface area contributed by atoms with Crippen LogP contribution in [-0.2, 0) is 6.42 Å². The summed E-state index contributed by atoms with van der Waals surface area (Å²) in [5, 5.41) is 7.49. The summed E-state index contributed by atoms with van der Waals surface area (Å²) in [5.74, 6) is 0.864. The molecule has 0 fully saturated rings. The number of anilines is 1. The van der Waals surface area contributed by atoms with Gasteiger partial charge in [0.05, 0.1) is 16.1 Å². The second-order valence-electron chi connectivity index (χ2n) is 3.77. The smallest absolute Gasteiger partial charge is 0.149 e. The van der Waals surface area contributed by atoms with Crippen LogP contribution in [0.15, 0.2) is 17.9 Å². The van der Waals surface area contributed by atoms with Crippen molar-refractivity contribution in [3.63, 3.8) is 0 Å². The van der Waals surface area contributed by atoms with Crippen LogP contribution in [0, 0.1) is 6.92 Å². The maximum atomic E-state index is 4.30. The van der Waals surface area contributed by atoms with Crippen LogP contribution in [0.4, 0.5) is 5.82 Å². The van der Waals surface area contributed by atoms with Crippen LogP contribution in [0.2, 0.25) is 0 Å². The minimum absolute atomic E-state index is 0.814. The molecule has 0 aliphatic carbocycles. The summed E-state index contributed by atoms with van der Waals surface area (Å²) in [4.78, 5) is 13.7. The van der Waals surface area contributed by atoms with Gasteiger partial charge in [0.1, 0.15) is 17.0 Å². The number of nitrogens with one attached hydrogen (secondary N) is 1. The third kappa shape index (κ3) is 2.19. The summed E-state index contributed by atoms with van der Waals surface area (Å²) < 4.78 is 4.30. The fraction of sp³-hybridized carbons (Fsp3) is 0.273. The molecular formula is C11H11N5S2. The van der Waals surface area contributed by atoms with Crippen LogP contribution in [0.3, 0.4) is 0 Å². The number of nitrogens with zero attached hydrogens (tertiary/aromatic N) is 4. The Hall–Kier alpha value is -1.60. The van der Waals surface area contributed by atoms with Crippen molar-refractivity contribution in [1.82, 2.24) is 19.3 Å². The van der Waals surface area contributed by atoms with Gasteiger partial charge in [-0.25, -0.2) is 15.0 Å². The number of hydrogen-bond acceptors (Lipinski definition) is 7. The highest BCUT2D eigenvalue weighted by atomic mass is 32.1. The topological polar surface area (TPSA) is 63.6 Å². The Balaban J connectivity index is 1.76. The molecule has 3 rings (SSSR count). The average molecular weight is 277 g/mol. The van der Waals surface area contributed by atoms with Crippen molar-refractivity contribution < 1.29 is 0 Å². The second-order valence-corrected chi connectivity index (χ2v) is 5.50. The van der Waals surface area contributed by atoms with E-state index in [2.05, 4.69) is 24.6 Å². The van der Waals surface area contributed by atoms with Gasteiger partial charge in [0.15, 0.2) is 0 Å². The van der Waals surface area contributed by atoms with Crippen LogP contribution in [0.1, 0.15) is 10.7 Å². The van der Waals surface area contributed by atoms with Crippen molar-refractivity contribution in [3.8, 4) is 0 Å². The molecule has 0 radical (unpaired) electrons. The Morgan fingerprint density at radius 2 is 2.22 bits per heavy atom. The third-order valence-electron chi connectivity index (χ3n) is 2.56. The van der Waals surface area contributed by atoms with Gasteiger partial charge in [0.25, 0.3) is 0 Å². The predicted molar refractivity (Wildman–Crippen MR) is 74.3 cm³/mol. The third-order valence-corrected chi connectivity index (χ3v) is 4.25. The minimum atomic E-state index is 0.814. The van der Waals surface area contributed by atoms with Gasteiger partial charge < -0.3 is 5.32 Å². The molecule has 18 heavy (non-hydrogen) atoms. The molecule has 7 heteroatoms. The number of aryl methyl sites for hydroxylation is 1. The molecule has 5 nitrogen and oxygen atoms in total. The fourth-order valence-corrected chi connectivity index (χ4v) is 3.09. The van der Waals surface area contributed by atoms with E-state index in [1.807, 2.05) is 18.5 Å². The first-order chi connectivity index (χ1) is 8.84. The summed E-state index contributed by atoms with van der Waals surface area (Å²) in [6.45, 7) is 2.79. The highest BCUT2D eigenvalue weighted by molar-refractivity contribution is 7.13. The van der Waals surface area contributed by atoms with Gasteiger partial charge >= 0.3 is 0 Å². The Kier molecular flexibility index (Phi) is 3.16. The van der Waals surface area contributed by atoms with E-state index in [0.29, 0.717) is 0 Å². The monoisotopic (exact) mass is 277 g/mol. The molecule has 0 unspecified atom stereocenters.